The lowest BCUT2D eigenvalue weighted by molar-refractivity contribution is 0.196. The monoisotopic (exact) mass is 368 g/mol. The van der Waals surface area contributed by atoms with Gasteiger partial charge in [0.2, 0.25) is 0 Å². The second-order valence-electron chi connectivity index (χ2n) is 6.85. The Balaban J connectivity index is 1.94. The number of nitrogens with zero attached hydrogens (tertiary/aromatic N) is 1. The molecule has 0 aliphatic carbocycles. The van der Waals surface area contributed by atoms with Crippen LogP contribution in [0, 0.1) is 0 Å². The smallest absolute Gasteiger partial charge is 0.0650 e. The van der Waals surface area contributed by atoms with Crippen molar-refractivity contribution < 1.29 is 4.74 Å². The summed E-state index contributed by atoms with van der Waals surface area (Å²) >= 11 is 0. The Bertz CT molecular complexity index is 1070. The molecule has 3 nitrogen and oxygen atoms in total. The van der Waals surface area contributed by atoms with Crippen LogP contribution in [-0.2, 0) is 4.74 Å². The summed E-state index contributed by atoms with van der Waals surface area (Å²) in [5.41, 5.74) is 7.34. The Labute approximate surface area is 165 Å². The molecular weight excluding hydrogens is 344 g/mol. The molecule has 0 saturated heterocycles. The van der Waals surface area contributed by atoms with Crippen LogP contribution in [0.4, 0.5) is 0 Å². The number of nitrogens with one attached hydrogen (secondary N) is 1. The number of ether oxygens (including phenoxy) is 1. The van der Waals surface area contributed by atoms with Gasteiger partial charge in [-0.2, -0.15) is 5.10 Å². The Morgan fingerprint density at radius 3 is 2.29 bits per heavy atom. The quantitative estimate of drug-likeness (QED) is 0.323. The van der Waals surface area contributed by atoms with E-state index in [1.807, 2.05) is 6.20 Å². The van der Waals surface area contributed by atoms with Gasteiger partial charge in [-0.1, -0.05) is 66.7 Å². The number of methoxy groups -OCH3 is 1. The molecule has 3 heteroatoms. The lowest BCUT2D eigenvalue weighted by Gasteiger charge is -2.17. The zero-order valence-corrected chi connectivity index (χ0v) is 16.1. The minimum absolute atomic E-state index is 0.749. The average molecular weight is 368 g/mol. The number of fused-ring (bicyclic) bond motifs is 1. The maximum atomic E-state index is 5.33. The van der Waals surface area contributed by atoms with Gasteiger partial charge in [0.15, 0.2) is 0 Å². The highest BCUT2D eigenvalue weighted by Gasteiger charge is 2.14. The zero-order chi connectivity index (χ0) is 19.2. The van der Waals surface area contributed by atoms with E-state index < -0.39 is 0 Å². The lowest BCUT2D eigenvalue weighted by atomic mass is 9.87. The molecule has 0 bridgehead atoms. The summed E-state index contributed by atoms with van der Waals surface area (Å²) in [6, 6.07) is 27.8. The molecule has 28 heavy (non-hydrogen) atoms. The highest BCUT2D eigenvalue weighted by Crippen LogP contribution is 2.36. The Kier molecular flexibility index (Phi) is 5.64. The van der Waals surface area contributed by atoms with Gasteiger partial charge in [-0.25, -0.2) is 0 Å². The first-order valence-electron chi connectivity index (χ1n) is 9.63. The van der Waals surface area contributed by atoms with Crippen molar-refractivity contribution >= 4 is 22.0 Å². The average Bonchev–Trinajstić information content (AvgIpc) is 3.22. The summed E-state index contributed by atoms with van der Waals surface area (Å²) in [5, 5.41) is 8.35. The molecule has 0 fully saturated rings. The van der Waals surface area contributed by atoms with Crippen LogP contribution in [0.15, 0.2) is 85.1 Å². The van der Waals surface area contributed by atoms with Gasteiger partial charge in [0.25, 0.3) is 0 Å². The molecule has 0 spiro atoms. The third-order valence-corrected chi connectivity index (χ3v) is 4.99. The summed E-state index contributed by atoms with van der Waals surface area (Å²) in [5.74, 6) is 0. The largest absolute Gasteiger partial charge is 0.385 e. The van der Waals surface area contributed by atoms with E-state index in [0.717, 1.165) is 30.4 Å². The predicted molar refractivity (Wildman–Crippen MR) is 116 cm³/mol. The first-order valence-corrected chi connectivity index (χ1v) is 9.63. The van der Waals surface area contributed by atoms with Crippen LogP contribution in [0.3, 0.4) is 0 Å². The number of rotatable bonds is 7. The number of hydrogen-bond donors (Lipinski definition) is 1. The highest BCUT2D eigenvalue weighted by atomic mass is 16.5. The minimum atomic E-state index is 0.749. The fraction of sp³-hybridized carbons (Fsp3) is 0.160. The maximum absolute atomic E-state index is 5.33. The van der Waals surface area contributed by atoms with Crippen molar-refractivity contribution in [3.63, 3.8) is 0 Å². The number of allylic oxidation sites excluding steroid dienone is 1. The van der Waals surface area contributed by atoms with Crippen molar-refractivity contribution in [3.8, 4) is 0 Å². The van der Waals surface area contributed by atoms with Crippen LogP contribution >= 0.6 is 0 Å². The van der Waals surface area contributed by atoms with Crippen LogP contribution in [0.5, 0.6) is 0 Å². The topological polar surface area (TPSA) is 37.9 Å². The molecule has 0 aliphatic rings. The van der Waals surface area contributed by atoms with E-state index in [4.69, 9.17) is 4.74 Å². The van der Waals surface area contributed by atoms with Crippen LogP contribution in [0.2, 0.25) is 0 Å². The molecule has 4 rings (SSSR count). The van der Waals surface area contributed by atoms with E-state index >= 15 is 0 Å². The summed E-state index contributed by atoms with van der Waals surface area (Å²) in [6.45, 7) is 0.749. The van der Waals surface area contributed by atoms with Crippen LogP contribution in [0.1, 0.15) is 29.5 Å². The van der Waals surface area contributed by atoms with Gasteiger partial charge in [0, 0.05) is 19.1 Å². The third kappa shape index (κ3) is 3.90. The van der Waals surface area contributed by atoms with Gasteiger partial charge >= 0.3 is 0 Å². The van der Waals surface area contributed by atoms with E-state index in [9.17, 15) is 0 Å². The van der Waals surface area contributed by atoms with Gasteiger partial charge in [-0.3, -0.25) is 5.10 Å². The standard InChI is InChI=1S/C25H24N2O/c1-28-16-8-13-23(19-9-4-2-5-10-19)25(20-11-6-3-7-12-20)21-14-15-24-22(17-21)18-26-27-24/h2-7,9-12,14-15,17-18H,8,13,16H2,1H3,(H,26,27)/b25-23+. The molecule has 4 aromatic rings. The first-order chi connectivity index (χ1) is 13.9. The molecule has 1 N–H and O–H groups in total. The van der Waals surface area contributed by atoms with E-state index in [-0.39, 0.29) is 0 Å². The lowest BCUT2D eigenvalue weighted by Crippen LogP contribution is -1.98. The first kappa shape index (κ1) is 18.2. The maximum Gasteiger partial charge on any atom is 0.0650 e. The van der Waals surface area contributed by atoms with Crippen molar-refractivity contribution in [2.75, 3.05) is 13.7 Å². The van der Waals surface area contributed by atoms with Gasteiger partial charge in [-0.15, -0.1) is 0 Å². The minimum Gasteiger partial charge on any atom is -0.385 e. The molecule has 1 aromatic heterocycles. The molecule has 0 amide bonds. The Morgan fingerprint density at radius 1 is 0.857 bits per heavy atom. The van der Waals surface area contributed by atoms with Crippen molar-refractivity contribution in [1.29, 1.82) is 0 Å². The molecule has 0 aliphatic heterocycles. The normalized spacial score (nSPS) is 12.2. The molecule has 0 atom stereocenters. The summed E-state index contributed by atoms with van der Waals surface area (Å²) < 4.78 is 5.33. The van der Waals surface area contributed by atoms with Crippen molar-refractivity contribution in [2.45, 2.75) is 12.8 Å². The predicted octanol–water partition coefficient (Wildman–Crippen LogP) is 5.95. The van der Waals surface area contributed by atoms with Gasteiger partial charge in [-0.05, 0) is 52.8 Å². The number of hydrogen-bond acceptors (Lipinski definition) is 2. The molecule has 140 valence electrons. The van der Waals surface area contributed by atoms with Gasteiger partial charge in [0.05, 0.1) is 11.7 Å². The number of aromatic nitrogens is 2. The van der Waals surface area contributed by atoms with E-state index in [1.165, 1.54) is 27.8 Å². The fourth-order valence-electron chi connectivity index (χ4n) is 3.66. The third-order valence-electron chi connectivity index (χ3n) is 4.99. The Hall–Kier alpha value is -3.17. The number of benzene rings is 3. The molecule has 1 heterocycles. The number of aromatic amines is 1. The Morgan fingerprint density at radius 2 is 1.57 bits per heavy atom. The second-order valence-corrected chi connectivity index (χ2v) is 6.85. The molecule has 0 radical (unpaired) electrons. The van der Waals surface area contributed by atoms with Gasteiger partial charge < -0.3 is 4.74 Å². The molecule has 0 unspecified atom stereocenters. The van der Waals surface area contributed by atoms with Crippen molar-refractivity contribution in [2.24, 2.45) is 0 Å². The summed E-state index contributed by atoms with van der Waals surface area (Å²) in [6.07, 6.45) is 3.81. The van der Waals surface area contributed by atoms with Crippen LogP contribution < -0.4 is 0 Å². The molecular formula is C25H24N2O. The number of H-pyrrole nitrogens is 1. The second kappa shape index (κ2) is 8.68. The molecule has 0 saturated carbocycles. The van der Waals surface area contributed by atoms with Crippen LogP contribution in [-0.4, -0.2) is 23.9 Å². The van der Waals surface area contributed by atoms with Crippen molar-refractivity contribution in [1.82, 2.24) is 10.2 Å². The van der Waals surface area contributed by atoms with Crippen LogP contribution in [0.25, 0.3) is 22.0 Å². The van der Waals surface area contributed by atoms with E-state index in [2.05, 4.69) is 89.1 Å². The van der Waals surface area contributed by atoms with E-state index in [1.54, 1.807) is 7.11 Å². The van der Waals surface area contributed by atoms with Gasteiger partial charge in [0.1, 0.15) is 0 Å². The molecule has 3 aromatic carbocycles. The fourth-order valence-corrected chi connectivity index (χ4v) is 3.66. The zero-order valence-electron chi connectivity index (χ0n) is 16.1. The highest BCUT2D eigenvalue weighted by molar-refractivity contribution is 6.00. The summed E-state index contributed by atoms with van der Waals surface area (Å²) in [7, 11) is 1.76. The SMILES string of the molecule is COCCC/C(=C(/c1ccccc1)c1ccc2[nH]ncc2c1)c1ccccc1. The van der Waals surface area contributed by atoms with E-state index in [0.29, 0.717) is 0 Å². The summed E-state index contributed by atoms with van der Waals surface area (Å²) in [4.78, 5) is 0. The van der Waals surface area contributed by atoms with Crippen molar-refractivity contribution in [3.05, 3.63) is 102 Å².